The van der Waals surface area contributed by atoms with Crippen LogP contribution in [0.15, 0.2) is 61.7 Å². The van der Waals surface area contributed by atoms with Crippen LogP contribution in [0.1, 0.15) is 40.7 Å². The lowest BCUT2D eigenvalue weighted by atomic mass is 9.87. The zero-order chi connectivity index (χ0) is 22.8. The van der Waals surface area contributed by atoms with Gasteiger partial charge in [-0.3, -0.25) is 9.59 Å². The van der Waals surface area contributed by atoms with E-state index in [1.165, 1.54) is 14.2 Å². The Morgan fingerprint density at radius 3 is 2.32 bits per heavy atom. The van der Waals surface area contributed by atoms with E-state index in [2.05, 4.69) is 13.2 Å². The third kappa shape index (κ3) is 5.75. The van der Waals surface area contributed by atoms with Crippen molar-refractivity contribution in [3.63, 3.8) is 0 Å². The first kappa shape index (κ1) is 23.7. The zero-order valence-corrected chi connectivity index (χ0v) is 18.2. The Morgan fingerprint density at radius 1 is 1.00 bits per heavy atom. The summed E-state index contributed by atoms with van der Waals surface area (Å²) in [4.78, 5) is 26.1. The highest BCUT2D eigenvalue weighted by atomic mass is 16.5. The molecule has 0 amide bonds. The summed E-state index contributed by atoms with van der Waals surface area (Å²) >= 11 is 0. The van der Waals surface area contributed by atoms with E-state index < -0.39 is 11.9 Å². The number of methoxy groups -OCH3 is 2. The van der Waals surface area contributed by atoms with Crippen LogP contribution < -0.4 is 14.2 Å². The second kappa shape index (κ2) is 11.6. The zero-order valence-electron chi connectivity index (χ0n) is 18.2. The number of ether oxygens (including phenoxy) is 4. The number of esters is 1. The van der Waals surface area contributed by atoms with Gasteiger partial charge in [0.2, 0.25) is 0 Å². The van der Waals surface area contributed by atoms with Crippen LogP contribution in [0.5, 0.6) is 17.2 Å². The lowest BCUT2D eigenvalue weighted by molar-refractivity contribution is -0.142. The molecule has 0 saturated carbocycles. The lowest BCUT2D eigenvalue weighted by Gasteiger charge is -2.21. The van der Waals surface area contributed by atoms with E-state index in [9.17, 15) is 9.59 Å². The van der Waals surface area contributed by atoms with E-state index in [0.717, 1.165) is 0 Å². The van der Waals surface area contributed by atoms with Gasteiger partial charge in [-0.2, -0.15) is 0 Å². The summed E-state index contributed by atoms with van der Waals surface area (Å²) in [6.07, 6.45) is 3.61. The Bertz CT molecular complexity index is 947. The first-order chi connectivity index (χ1) is 15.0. The summed E-state index contributed by atoms with van der Waals surface area (Å²) < 4.78 is 21.8. The van der Waals surface area contributed by atoms with Crippen molar-refractivity contribution in [3.8, 4) is 17.2 Å². The van der Waals surface area contributed by atoms with Gasteiger partial charge in [-0.05, 0) is 30.2 Å². The summed E-state index contributed by atoms with van der Waals surface area (Å²) in [6.45, 7) is 9.62. The Morgan fingerprint density at radius 2 is 1.71 bits per heavy atom. The van der Waals surface area contributed by atoms with Gasteiger partial charge in [-0.25, -0.2) is 0 Å². The number of benzene rings is 2. The molecule has 6 nitrogen and oxygen atoms in total. The summed E-state index contributed by atoms with van der Waals surface area (Å²) in [5, 5.41) is 0. The topological polar surface area (TPSA) is 71.1 Å². The second-order valence-electron chi connectivity index (χ2n) is 6.63. The average molecular weight is 424 g/mol. The molecule has 0 aromatic heterocycles. The Kier molecular flexibility index (Phi) is 8.88. The van der Waals surface area contributed by atoms with Crippen LogP contribution in [0, 0.1) is 0 Å². The molecule has 0 spiro atoms. The summed E-state index contributed by atoms with van der Waals surface area (Å²) in [6, 6.07) is 10.1. The molecule has 1 unspecified atom stereocenters. The first-order valence-electron chi connectivity index (χ1n) is 9.92. The van der Waals surface area contributed by atoms with Crippen LogP contribution in [0.25, 0.3) is 0 Å². The predicted molar refractivity (Wildman–Crippen MR) is 119 cm³/mol. The van der Waals surface area contributed by atoms with Crippen molar-refractivity contribution in [2.75, 3.05) is 27.4 Å². The molecule has 164 valence electrons. The highest BCUT2D eigenvalue weighted by Crippen LogP contribution is 2.37. The van der Waals surface area contributed by atoms with Gasteiger partial charge in [-0.1, -0.05) is 44.4 Å². The summed E-state index contributed by atoms with van der Waals surface area (Å²) in [7, 11) is 2.85. The van der Waals surface area contributed by atoms with Crippen LogP contribution in [0.4, 0.5) is 0 Å². The maximum absolute atomic E-state index is 13.6. The molecular weight excluding hydrogens is 396 g/mol. The molecule has 0 aliphatic carbocycles. The molecule has 2 aromatic rings. The SMILES string of the molecule is C=CCOc1cc(OCC=C)c(C(=O)c2cccc(OC)c2)c(C(CC)C(=O)OC)c1. The molecule has 1 atom stereocenters. The van der Waals surface area contributed by atoms with Gasteiger partial charge in [0.25, 0.3) is 0 Å². The third-order valence-corrected chi connectivity index (χ3v) is 4.66. The first-order valence-corrected chi connectivity index (χ1v) is 9.92. The maximum Gasteiger partial charge on any atom is 0.313 e. The van der Waals surface area contributed by atoms with Crippen molar-refractivity contribution in [2.45, 2.75) is 19.3 Å². The molecule has 0 bridgehead atoms. The summed E-state index contributed by atoms with van der Waals surface area (Å²) in [5.74, 6) is -0.117. The minimum absolute atomic E-state index is 0.178. The number of hydrogen-bond acceptors (Lipinski definition) is 6. The van der Waals surface area contributed by atoms with Crippen LogP contribution in [-0.4, -0.2) is 39.2 Å². The molecule has 0 saturated heterocycles. The third-order valence-electron chi connectivity index (χ3n) is 4.66. The van der Waals surface area contributed by atoms with E-state index in [1.807, 2.05) is 6.92 Å². The summed E-state index contributed by atoms with van der Waals surface area (Å²) in [5.41, 5.74) is 1.16. The van der Waals surface area contributed by atoms with Crippen molar-refractivity contribution in [3.05, 3.63) is 78.4 Å². The fourth-order valence-electron chi connectivity index (χ4n) is 3.19. The minimum Gasteiger partial charge on any atom is -0.497 e. The fraction of sp³-hybridized carbons (Fsp3) is 0.280. The van der Waals surface area contributed by atoms with Gasteiger partial charge in [0.15, 0.2) is 5.78 Å². The predicted octanol–water partition coefficient (Wildman–Crippen LogP) is 4.72. The molecule has 0 radical (unpaired) electrons. The molecule has 2 rings (SSSR count). The van der Waals surface area contributed by atoms with Crippen molar-refractivity contribution in [1.29, 1.82) is 0 Å². The van der Waals surface area contributed by atoms with E-state index in [1.54, 1.807) is 48.6 Å². The van der Waals surface area contributed by atoms with Crippen molar-refractivity contribution < 1.29 is 28.5 Å². The second-order valence-corrected chi connectivity index (χ2v) is 6.63. The van der Waals surface area contributed by atoms with Crippen LogP contribution in [0.3, 0.4) is 0 Å². The van der Waals surface area contributed by atoms with E-state index in [4.69, 9.17) is 18.9 Å². The van der Waals surface area contributed by atoms with Gasteiger partial charge >= 0.3 is 5.97 Å². The molecule has 0 N–H and O–H groups in total. The molecule has 0 aliphatic heterocycles. The van der Waals surface area contributed by atoms with Crippen LogP contribution in [-0.2, 0) is 9.53 Å². The van der Waals surface area contributed by atoms with Crippen molar-refractivity contribution in [1.82, 2.24) is 0 Å². The molecule has 0 aliphatic rings. The lowest BCUT2D eigenvalue weighted by Crippen LogP contribution is -2.19. The normalized spacial score (nSPS) is 11.2. The van der Waals surface area contributed by atoms with E-state index in [-0.39, 0.29) is 24.6 Å². The number of ketones is 1. The van der Waals surface area contributed by atoms with E-state index in [0.29, 0.717) is 34.8 Å². The van der Waals surface area contributed by atoms with Gasteiger partial charge < -0.3 is 18.9 Å². The monoisotopic (exact) mass is 424 g/mol. The van der Waals surface area contributed by atoms with Gasteiger partial charge in [0, 0.05) is 11.6 Å². The van der Waals surface area contributed by atoms with Crippen LogP contribution >= 0.6 is 0 Å². The van der Waals surface area contributed by atoms with Gasteiger partial charge in [-0.15, -0.1) is 0 Å². The Hall–Kier alpha value is -3.54. The van der Waals surface area contributed by atoms with Gasteiger partial charge in [0.1, 0.15) is 30.5 Å². The molecular formula is C25H28O6. The Labute approximate surface area is 183 Å². The van der Waals surface area contributed by atoms with Crippen LogP contribution in [0.2, 0.25) is 0 Å². The molecule has 0 heterocycles. The Balaban J connectivity index is 2.75. The molecule has 31 heavy (non-hydrogen) atoms. The maximum atomic E-state index is 13.6. The highest BCUT2D eigenvalue weighted by molar-refractivity contribution is 6.12. The minimum atomic E-state index is -0.673. The fourth-order valence-corrected chi connectivity index (χ4v) is 3.19. The highest BCUT2D eigenvalue weighted by Gasteiger charge is 2.29. The number of carbonyl (C=O) groups excluding carboxylic acids is 2. The smallest absolute Gasteiger partial charge is 0.313 e. The van der Waals surface area contributed by atoms with Gasteiger partial charge in [0.05, 0.1) is 25.7 Å². The number of hydrogen-bond donors (Lipinski definition) is 0. The largest absolute Gasteiger partial charge is 0.497 e. The van der Waals surface area contributed by atoms with Crippen molar-refractivity contribution in [2.24, 2.45) is 0 Å². The standard InChI is InChI=1S/C25H28O6/c1-6-12-30-19-15-21(20(8-3)25(27)29-5)23(22(16-19)31-13-7-2)24(26)17-10-9-11-18(14-17)28-4/h6-7,9-11,14-16,20H,1-2,8,12-13H2,3-5H3. The quantitative estimate of drug-likeness (QED) is 0.279. The molecule has 6 heteroatoms. The number of carbonyl (C=O) groups is 2. The van der Waals surface area contributed by atoms with Crippen molar-refractivity contribution >= 4 is 11.8 Å². The molecule has 0 fully saturated rings. The van der Waals surface area contributed by atoms with E-state index >= 15 is 0 Å². The molecule has 2 aromatic carbocycles. The number of rotatable bonds is 12. The average Bonchev–Trinajstić information content (AvgIpc) is 2.81.